The highest BCUT2D eigenvalue weighted by atomic mass is 16.5. The minimum atomic E-state index is -0.571. The van der Waals surface area contributed by atoms with Gasteiger partial charge in [0.2, 0.25) is 0 Å². The molecule has 0 aliphatic heterocycles. The van der Waals surface area contributed by atoms with Crippen LogP contribution in [-0.4, -0.2) is 18.2 Å². The largest absolute Gasteiger partial charge is 0.504 e. The normalized spacial score (nSPS) is 8.84. The summed E-state index contributed by atoms with van der Waals surface area (Å²) < 4.78 is 9.83. The predicted octanol–water partition coefficient (Wildman–Crippen LogP) is 1.76. The summed E-state index contributed by atoms with van der Waals surface area (Å²) in [6.07, 6.45) is 1.21. The number of nitriles is 2. The highest BCUT2D eigenvalue weighted by Gasteiger charge is 2.12. The number of phenols is 1. The monoisotopic (exact) mass is 258 g/mol. The summed E-state index contributed by atoms with van der Waals surface area (Å²) in [7, 11) is 1.35. The van der Waals surface area contributed by atoms with Crippen LogP contribution in [0.2, 0.25) is 0 Å². The molecule has 19 heavy (non-hydrogen) atoms. The smallest absolute Gasteiger partial charge is 0.308 e. The molecule has 0 aromatic heterocycles. The van der Waals surface area contributed by atoms with Crippen LogP contribution in [0.3, 0.4) is 0 Å². The van der Waals surface area contributed by atoms with E-state index in [-0.39, 0.29) is 28.4 Å². The number of carbonyl (C=O) groups excluding carboxylic acids is 1. The van der Waals surface area contributed by atoms with Crippen molar-refractivity contribution >= 4 is 12.0 Å². The van der Waals surface area contributed by atoms with Gasteiger partial charge in [0.15, 0.2) is 11.5 Å². The number of esters is 1. The topological polar surface area (TPSA) is 103 Å². The van der Waals surface area contributed by atoms with E-state index in [1.165, 1.54) is 32.2 Å². The summed E-state index contributed by atoms with van der Waals surface area (Å²) in [6, 6.07) is 5.89. The molecule has 0 heterocycles. The van der Waals surface area contributed by atoms with Crippen LogP contribution in [0.15, 0.2) is 17.7 Å². The van der Waals surface area contributed by atoms with Crippen LogP contribution in [0.5, 0.6) is 17.2 Å². The Kier molecular flexibility index (Phi) is 4.50. The zero-order valence-corrected chi connectivity index (χ0v) is 10.3. The first-order valence-electron chi connectivity index (χ1n) is 5.13. The number of phenolic OH excluding ortho intramolecular Hbond substituents is 1. The van der Waals surface area contributed by atoms with Gasteiger partial charge in [0, 0.05) is 18.6 Å². The lowest BCUT2D eigenvalue weighted by Crippen LogP contribution is -2.03. The number of methoxy groups -OCH3 is 1. The molecular formula is C13H10N2O4. The number of benzene rings is 1. The molecule has 96 valence electrons. The molecule has 0 bridgehead atoms. The SMILES string of the molecule is COc1cc(OC(C)=O)c(C=C(C#N)C#N)cc1O. The van der Waals surface area contributed by atoms with Crippen LogP contribution in [0.4, 0.5) is 0 Å². The zero-order chi connectivity index (χ0) is 14.4. The fourth-order valence-corrected chi connectivity index (χ4v) is 1.33. The Morgan fingerprint density at radius 2 is 1.95 bits per heavy atom. The van der Waals surface area contributed by atoms with Gasteiger partial charge in [-0.05, 0) is 12.1 Å². The second kappa shape index (κ2) is 6.08. The van der Waals surface area contributed by atoms with Gasteiger partial charge in [-0.25, -0.2) is 0 Å². The molecular weight excluding hydrogens is 248 g/mol. The number of ether oxygens (including phenoxy) is 2. The second-order valence-corrected chi connectivity index (χ2v) is 3.44. The van der Waals surface area contributed by atoms with E-state index in [9.17, 15) is 9.90 Å². The first-order chi connectivity index (χ1) is 9.01. The van der Waals surface area contributed by atoms with Gasteiger partial charge >= 0.3 is 5.97 Å². The molecule has 0 aliphatic carbocycles. The van der Waals surface area contributed by atoms with Crippen molar-refractivity contribution in [2.24, 2.45) is 0 Å². The van der Waals surface area contributed by atoms with Crippen molar-refractivity contribution in [2.75, 3.05) is 7.11 Å². The van der Waals surface area contributed by atoms with E-state index in [0.29, 0.717) is 0 Å². The number of nitrogens with zero attached hydrogens (tertiary/aromatic N) is 2. The molecule has 0 aliphatic rings. The van der Waals surface area contributed by atoms with E-state index in [0.717, 1.165) is 0 Å². The minimum Gasteiger partial charge on any atom is -0.504 e. The van der Waals surface area contributed by atoms with Crippen molar-refractivity contribution in [1.82, 2.24) is 0 Å². The Bertz CT molecular complexity index is 605. The summed E-state index contributed by atoms with van der Waals surface area (Å²) in [5.74, 6) is -0.563. The van der Waals surface area contributed by atoms with Crippen molar-refractivity contribution in [3.63, 3.8) is 0 Å². The summed E-state index contributed by atoms with van der Waals surface area (Å²) >= 11 is 0. The van der Waals surface area contributed by atoms with Gasteiger partial charge in [-0.2, -0.15) is 10.5 Å². The number of hydrogen-bond acceptors (Lipinski definition) is 6. The quantitative estimate of drug-likeness (QED) is 0.503. The lowest BCUT2D eigenvalue weighted by molar-refractivity contribution is -0.131. The Morgan fingerprint density at radius 3 is 2.42 bits per heavy atom. The average Bonchev–Trinajstić information content (AvgIpc) is 2.37. The first kappa shape index (κ1) is 14.1. The molecule has 1 aromatic carbocycles. The van der Waals surface area contributed by atoms with E-state index in [1.54, 1.807) is 12.1 Å². The van der Waals surface area contributed by atoms with Crippen molar-refractivity contribution < 1.29 is 19.4 Å². The Labute approximate surface area is 109 Å². The molecule has 0 saturated heterocycles. The average molecular weight is 258 g/mol. The zero-order valence-electron chi connectivity index (χ0n) is 10.3. The molecule has 0 atom stereocenters. The van der Waals surface area contributed by atoms with Crippen molar-refractivity contribution in [2.45, 2.75) is 6.92 Å². The standard InChI is InChI=1S/C13H10N2O4/c1-8(16)19-12-5-13(18-2)11(17)4-10(12)3-9(6-14)7-15/h3-5,17H,1-2H3. The lowest BCUT2D eigenvalue weighted by atomic mass is 10.1. The highest BCUT2D eigenvalue weighted by molar-refractivity contribution is 5.75. The number of carbonyl (C=O) groups is 1. The first-order valence-corrected chi connectivity index (χ1v) is 5.13. The molecule has 0 spiro atoms. The maximum atomic E-state index is 11.0. The molecule has 0 fully saturated rings. The van der Waals surface area contributed by atoms with Crippen LogP contribution in [0.25, 0.3) is 6.08 Å². The Balaban J connectivity index is 3.41. The van der Waals surface area contributed by atoms with Gasteiger partial charge in [-0.1, -0.05) is 0 Å². The predicted molar refractivity (Wildman–Crippen MR) is 65.2 cm³/mol. The third-order valence-electron chi connectivity index (χ3n) is 2.11. The Morgan fingerprint density at radius 1 is 1.32 bits per heavy atom. The maximum absolute atomic E-state index is 11.0. The molecule has 6 heteroatoms. The number of aromatic hydroxyl groups is 1. The summed E-state index contributed by atoms with van der Waals surface area (Å²) in [5.41, 5.74) is 0.0459. The maximum Gasteiger partial charge on any atom is 0.308 e. The summed E-state index contributed by atoms with van der Waals surface area (Å²) in [4.78, 5) is 11.0. The summed E-state index contributed by atoms with van der Waals surface area (Å²) in [5, 5.41) is 27.0. The van der Waals surface area contributed by atoms with Gasteiger partial charge in [-0.15, -0.1) is 0 Å². The van der Waals surface area contributed by atoms with E-state index in [4.69, 9.17) is 20.0 Å². The molecule has 0 unspecified atom stereocenters. The van der Waals surface area contributed by atoms with Crippen molar-refractivity contribution in [3.8, 4) is 29.4 Å². The van der Waals surface area contributed by atoms with Crippen molar-refractivity contribution in [3.05, 3.63) is 23.3 Å². The molecule has 1 rings (SSSR count). The van der Waals surface area contributed by atoms with Gasteiger partial charge in [0.25, 0.3) is 0 Å². The lowest BCUT2D eigenvalue weighted by Gasteiger charge is -2.10. The second-order valence-electron chi connectivity index (χ2n) is 3.44. The van der Waals surface area contributed by atoms with Crippen LogP contribution in [0.1, 0.15) is 12.5 Å². The van der Waals surface area contributed by atoms with E-state index >= 15 is 0 Å². The number of rotatable bonds is 3. The van der Waals surface area contributed by atoms with Gasteiger partial charge in [0.1, 0.15) is 23.5 Å². The molecule has 0 saturated carbocycles. The van der Waals surface area contributed by atoms with E-state index in [2.05, 4.69) is 0 Å². The number of allylic oxidation sites excluding steroid dienone is 1. The molecule has 1 aromatic rings. The fraction of sp³-hybridized carbons (Fsp3) is 0.154. The molecule has 1 N–H and O–H groups in total. The molecule has 0 radical (unpaired) electrons. The number of hydrogen-bond donors (Lipinski definition) is 1. The van der Waals surface area contributed by atoms with Crippen LogP contribution >= 0.6 is 0 Å². The van der Waals surface area contributed by atoms with Crippen LogP contribution in [-0.2, 0) is 4.79 Å². The van der Waals surface area contributed by atoms with E-state index < -0.39 is 5.97 Å². The van der Waals surface area contributed by atoms with Gasteiger partial charge < -0.3 is 14.6 Å². The van der Waals surface area contributed by atoms with Crippen molar-refractivity contribution in [1.29, 1.82) is 10.5 Å². The fourth-order valence-electron chi connectivity index (χ4n) is 1.33. The highest BCUT2D eigenvalue weighted by Crippen LogP contribution is 2.35. The van der Waals surface area contributed by atoms with Crippen LogP contribution in [0, 0.1) is 22.7 Å². The third-order valence-corrected chi connectivity index (χ3v) is 2.11. The summed E-state index contributed by atoms with van der Waals surface area (Å²) in [6.45, 7) is 1.21. The van der Waals surface area contributed by atoms with Gasteiger partial charge in [0.05, 0.1) is 7.11 Å². The van der Waals surface area contributed by atoms with Gasteiger partial charge in [-0.3, -0.25) is 4.79 Å². The molecule has 6 nitrogen and oxygen atoms in total. The minimum absolute atomic E-state index is 0.0881. The molecule has 0 amide bonds. The Hall–Kier alpha value is -2.99. The van der Waals surface area contributed by atoms with E-state index in [1.807, 2.05) is 0 Å². The third kappa shape index (κ3) is 3.48. The van der Waals surface area contributed by atoms with Crippen LogP contribution < -0.4 is 9.47 Å².